The lowest BCUT2D eigenvalue weighted by molar-refractivity contribution is -0.151. The number of aliphatic hydroxyl groups is 1. The van der Waals surface area contributed by atoms with E-state index in [2.05, 4.69) is 45.7 Å². The molecule has 0 unspecified atom stereocenters. The van der Waals surface area contributed by atoms with Crippen molar-refractivity contribution in [1.82, 2.24) is 9.80 Å². The first kappa shape index (κ1) is 41.4. The number of esters is 1. The van der Waals surface area contributed by atoms with Gasteiger partial charge in [0, 0.05) is 38.1 Å². The van der Waals surface area contributed by atoms with Crippen LogP contribution in [-0.4, -0.2) is 98.0 Å². The van der Waals surface area contributed by atoms with Gasteiger partial charge in [-0.3, -0.25) is 9.69 Å². The molecule has 9 nitrogen and oxygen atoms in total. The number of hydrogen-bond donors (Lipinski definition) is 2. The molecule has 2 fully saturated rings. The number of cyclic esters (lactones) is 1. The number of allylic oxidation sites excluding steroid dienone is 2. The van der Waals surface area contributed by atoms with Gasteiger partial charge in [0.1, 0.15) is 11.7 Å². The Bertz CT molecular complexity index is 1150. The Morgan fingerprint density at radius 1 is 1.12 bits per heavy atom. The average Bonchev–Trinajstić information content (AvgIpc) is 3.33. The molecule has 0 bridgehead atoms. The second kappa shape index (κ2) is 18.5. The van der Waals surface area contributed by atoms with Crippen LogP contribution in [0.15, 0.2) is 36.0 Å². The second-order valence-electron chi connectivity index (χ2n) is 16.7. The van der Waals surface area contributed by atoms with Gasteiger partial charge in [0.2, 0.25) is 0 Å². The normalized spacial score (nSPS) is 31.0. The number of nitrogens with two attached hydrogens (primary N) is 1. The molecule has 1 aliphatic carbocycles. The summed E-state index contributed by atoms with van der Waals surface area (Å²) in [5, 5.41) is 11.9. The van der Waals surface area contributed by atoms with E-state index in [1.807, 2.05) is 38.2 Å². The number of hydrogen-bond acceptors (Lipinski definition) is 8. The largest absolute Gasteiger partial charge is 0.457 e. The zero-order valence-electron chi connectivity index (χ0n) is 32.2. The summed E-state index contributed by atoms with van der Waals surface area (Å²) in [6, 6.07) is 0.609. The first-order chi connectivity index (χ1) is 22.9. The van der Waals surface area contributed by atoms with Crippen LogP contribution in [0, 0.1) is 11.8 Å². The van der Waals surface area contributed by atoms with Crippen LogP contribution in [-0.2, 0) is 18.7 Å². The summed E-state index contributed by atoms with van der Waals surface area (Å²) in [6.07, 6.45) is 15.9. The molecule has 2 heterocycles. The number of carbonyl (C=O) groups excluding carboxylic acids is 2. The Labute approximate surface area is 298 Å². The highest BCUT2D eigenvalue weighted by Gasteiger charge is 2.42. The van der Waals surface area contributed by atoms with Crippen molar-refractivity contribution >= 4 is 20.4 Å². The molecule has 0 radical (unpaired) electrons. The molecule has 280 valence electrons. The zero-order chi connectivity index (χ0) is 36.4. The summed E-state index contributed by atoms with van der Waals surface area (Å²) in [6.45, 7) is 22.0. The van der Waals surface area contributed by atoms with E-state index in [0.717, 1.165) is 18.7 Å². The van der Waals surface area contributed by atoms with Crippen molar-refractivity contribution in [2.45, 2.75) is 154 Å². The van der Waals surface area contributed by atoms with Crippen LogP contribution in [0.2, 0.25) is 18.1 Å². The summed E-state index contributed by atoms with van der Waals surface area (Å²) in [4.78, 5) is 31.5. The Morgan fingerprint density at radius 3 is 2.35 bits per heavy atom. The van der Waals surface area contributed by atoms with E-state index in [1.165, 1.54) is 38.5 Å². The minimum absolute atomic E-state index is 0.0620. The Kier molecular flexibility index (Phi) is 15.6. The smallest absolute Gasteiger partial charge is 0.410 e. The maximum Gasteiger partial charge on any atom is 0.410 e. The molecule has 1 amide bonds. The van der Waals surface area contributed by atoms with Gasteiger partial charge >= 0.3 is 12.1 Å². The van der Waals surface area contributed by atoms with Crippen LogP contribution >= 0.6 is 0 Å². The number of nitrogens with zero attached hydrogens (tertiary/aromatic N) is 2. The number of amides is 1. The molecule has 0 aromatic heterocycles. The van der Waals surface area contributed by atoms with Crippen molar-refractivity contribution in [2.75, 3.05) is 32.7 Å². The lowest BCUT2D eigenvalue weighted by Crippen LogP contribution is -2.53. The topological polar surface area (TPSA) is 115 Å². The van der Waals surface area contributed by atoms with Gasteiger partial charge in [-0.2, -0.15) is 0 Å². The van der Waals surface area contributed by atoms with E-state index in [1.54, 1.807) is 17.9 Å². The summed E-state index contributed by atoms with van der Waals surface area (Å²) in [7, 11) is -2.26. The van der Waals surface area contributed by atoms with Gasteiger partial charge in [0.15, 0.2) is 14.4 Å². The number of piperazine rings is 1. The van der Waals surface area contributed by atoms with Gasteiger partial charge in [-0.15, -0.1) is 0 Å². The molecule has 0 aromatic carbocycles. The molecule has 0 spiro atoms. The fourth-order valence-corrected chi connectivity index (χ4v) is 8.17. The van der Waals surface area contributed by atoms with Crippen molar-refractivity contribution in [3.63, 3.8) is 0 Å². The van der Waals surface area contributed by atoms with Gasteiger partial charge < -0.3 is 29.6 Å². The first-order valence-corrected chi connectivity index (χ1v) is 21.9. The monoisotopic (exact) mass is 703 g/mol. The number of rotatable bonds is 8. The summed E-state index contributed by atoms with van der Waals surface area (Å²) >= 11 is 0. The Morgan fingerprint density at radius 2 is 1.76 bits per heavy atom. The van der Waals surface area contributed by atoms with Gasteiger partial charge in [0.05, 0.1) is 12.5 Å². The molecule has 1 saturated heterocycles. The Balaban J connectivity index is 1.86. The van der Waals surface area contributed by atoms with Crippen molar-refractivity contribution in [3.8, 4) is 0 Å². The fraction of sp³-hybridized carbons (Fsp3) is 0.795. The van der Waals surface area contributed by atoms with Crippen LogP contribution in [0.4, 0.5) is 4.79 Å². The fourth-order valence-electron chi connectivity index (χ4n) is 6.78. The lowest BCUT2D eigenvalue weighted by atomic mass is 9.88. The molecular formula is C39H69N3O6Si. The summed E-state index contributed by atoms with van der Waals surface area (Å²) < 4.78 is 19.1. The molecule has 6 atom stereocenters. The van der Waals surface area contributed by atoms with Gasteiger partial charge in [-0.05, 0) is 81.8 Å². The van der Waals surface area contributed by atoms with Crippen LogP contribution in [0.5, 0.6) is 0 Å². The van der Waals surface area contributed by atoms with Crippen molar-refractivity contribution in [2.24, 2.45) is 17.6 Å². The maximum atomic E-state index is 13.7. The minimum Gasteiger partial charge on any atom is -0.457 e. The van der Waals surface area contributed by atoms with E-state index in [4.69, 9.17) is 19.6 Å². The molecule has 3 aliphatic rings. The molecule has 2 aliphatic heterocycles. The summed E-state index contributed by atoms with van der Waals surface area (Å²) in [5.74, 6) is -0.349. The highest BCUT2D eigenvalue weighted by atomic mass is 28.4. The predicted octanol–water partition coefficient (Wildman–Crippen LogP) is 7.36. The Hall–Kier alpha value is -1.98. The molecule has 3 rings (SSSR count). The van der Waals surface area contributed by atoms with E-state index >= 15 is 0 Å². The van der Waals surface area contributed by atoms with E-state index in [0.29, 0.717) is 32.1 Å². The minimum atomic E-state index is -2.26. The molecule has 49 heavy (non-hydrogen) atoms. The molecular weight excluding hydrogens is 635 g/mol. The zero-order valence-corrected chi connectivity index (χ0v) is 33.2. The second-order valence-corrected chi connectivity index (χ2v) is 21.5. The highest BCUT2D eigenvalue weighted by molar-refractivity contribution is 6.74. The van der Waals surface area contributed by atoms with Crippen LogP contribution in [0.1, 0.15) is 106 Å². The van der Waals surface area contributed by atoms with Crippen LogP contribution in [0.3, 0.4) is 0 Å². The predicted molar refractivity (Wildman–Crippen MR) is 201 cm³/mol. The van der Waals surface area contributed by atoms with Crippen LogP contribution < -0.4 is 5.73 Å². The molecule has 1 saturated carbocycles. The molecule has 3 N–H and O–H groups in total. The third-order valence-corrected chi connectivity index (χ3v) is 15.9. The number of carbonyl (C=O) groups is 2. The van der Waals surface area contributed by atoms with E-state index in [-0.39, 0.29) is 35.7 Å². The maximum absolute atomic E-state index is 13.7. The van der Waals surface area contributed by atoms with E-state index in [9.17, 15) is 14.7 Å². The quantitative estimate of drug-likeness (QED) is 0.0887. The standard InChI is InChI=1S/C39H69N3O6Si/c1-29(28-40)15-14-16-30(2)36-31(3)19-20-34(46-37(44)42-25-23-41(24-26-42)32-17-12-10-11-13-18-32)39(7,45)22-21-33(27-35(43)47-36)48-49(8,9)38(4,5)6/h14-16,19-20,29,31-34,36,45H,10-13,17-18,21-28,40H2,1-9H3/b15-14+,20-19+,30-16+/t29-,31+,33-,34+,36-,39-/m1/s1. The van der Waals surface area contributed by atoms with Crippen molar-refractivity contribution in [3.05, 3.63) is 36.0 Å². The first-order valence-electron chi connectivity index (χ1n) is 19.0. The summed E-state index contributed by atoms with van der Waals surface area (Å²) in [5.41, 5.74) is 5.30. The molecule has 0 aromatic rings. The van der Waals surface area contributed by atoms with E-state index < -0.39 is 38.3 Å². The SMILES string of the molecule is C/C(=C\C=C\[C@@H](C)CN)[C@H]1OC(=O)C[C@H](O[Si](C)(C)C(C)(C)C)CC[C@@](C)(O)[C@@H](OC(=O)N2CCN(C3CCCCCC3)CC2)/C=C/[C@@H]1C. The van der Waals surface area contributed by atoms with Gasteiger partial charge in [-0.25, -0.2) is 4.79 Å². The number of ether oxygens (including phenoxy) is 2. The van der Waals surface area contributed by atoms with Crippen molar-refractivity contribution < 1.29 is 28.6 Å². The van der Waals surface area contributed by atoms with Gasteiger partial charge in [0.25, 0.3) is 0 Å². The van der Waals surface area contributed by atoms with Gasteiger partial charge in [-0.1, -0.05) is 84.6 Å². The van der Waals surface area contributed by atoms with Crippen molar-refractivity contribution in [1.29, 1.82) is 0 Å². The average molecular weight is 704 g/mol. The lowest BCUT2D eigenvalue weighted by Gasteiger charge is -2.41. The highest BCUT2D eigenvalue weighted by Crippen LogP contribution is 2.39. The third-order valence-electron chi connectivity index (χ3n) is 11.3. The van der Waals surface area contributed by atoms with Crippen LogP contribution in [0.25, 0.3) is 0 Å². The third kappa shape index (κ3) is 12.6. The molecule has 10 heteroatoms.